The van der Waals surface area contributed by atoms with E-state index in [0.717, 1.165) is 12.4 Å². The lowest BCUT2D eigenvalue weighted by Crippen LogP contribution is -2.19. The molecular formula is C13H18FN5. The molecule has 0 saturated heterocycles. The van der Waals surface area contributed by atoms with Crippen LogP contribution in [0.25, 0.3) is 0 Å². The van der Waals surface area contributed by atoms with Gasteiger partial charge in [-0.1, -0.05) is 13.8 Å². The highest BCUT2D eigenvalue weighted by Gasteiger charge is 2.15. The molecule has 102 valence electrons. The Morgan fingerprint density at radius 2 is 2.21 bits per heavy atom. The summed E-state index contributed by atoms with van der Waals surface area (Å²) in [5.74, 6) is 0.858. The van der Waals surface area contributed by atoms with E-state index < -0.39 is 6.04 Å². The highest BCUT2D eigenvalue weighted by molar-refractivity contribution is 5.18. The molecule has 2 rings (SSSR count). The van der Waals surface area contributed by atoms with Crippen molar-refractivity contribution in [3.63, 3.8) is 0 Å². The van der Waals surface area contributed by atoms with E-state index in [4.69, 9.17) is 5.73 Å². The molecule has 2 heterocycles. The Kier molecular flexibility index (Phi) is 4.21. The van der Waals surface area contributed by atoms with E-state index in [1.54, 1.807) is 6.07 Å². The first-order valence-corrected chi connectivity index (χ1v) is 6.29. The molecule has 0 amide bonds. The first kappa shape index (κ1) is 13.6. The number of rotatable bonds is 5. The summed E-state index contributed by atoms with van der Waals surface area (Å²) in [7, 11) is 0. The van der Waals surface area contributed by atoms with Crippen LogP contribution in [-0.2, 0) is 13.0 Å². The quantitative estimate of drug-likeness (QED) is 0.891. The standard InChI is InChI=1S/C13H18FN5/c1-9(2)7-19-13(17-8-18-19)5-12(15)10-3-4-16-6-11(10)14/h3-4,6,8-9,12H,5,7,15H2,1-2H3. The van der Waals surface area contributed by atoms with Gasteiger partial charge in [-0.2, -0.15) is 5.10 Å². The lowest BCUT2D eigenvalue weighted by molar-refractivity contribution is 0.457. The van der Waals surface area contributed by atoms with Crippen LogP contribution in [0.15, 0.2) is 24.8 Å². The van der Waals surface area contributed by atoms with Crippen LogP contribution in [-0.4, -0.2) is 19.7 Å². The molecule has 6 heteroatoms. The minimum absolute atomic E-state index is 0.384. The number of nitrogens with two attached hydrogens (primary N) is 1. The third-order valence-corrected chi connectivity index (χ3v) is 2.84. The Morgan fingerprint density at radius 1 is 1.42 bits per heavy atom. The van der Waals surface area contributed by atoms with E-state index in [9.17, 15) is 4.39 Å². The minimum atomic E-state index is -0.446. The smallest absolute Gasteiger partial charge is 0.146 e. The highest BCUT2D eigenvalue weighted by atomic mass is 19.1. The Balaban J connectivity index is 2.13. The third-order valence-electron chi connectivity index (χ3n) is 2.84. The number of halogens is 1. The molecule has 0 aliphatic rings. The predicted molar refractivity (Wildman–Crippen MR) is 69.7 cm³/mol. The molecular weight excluding hydrogens is 245 g/mol. The number of nitrogens with zero attached hydrogens (tertiary/aromatic N) is 4. The SMILES string of the molecule is CC(C)Cn1ncnc1CC(N)c1ccncc1F. The van der Waals surface area contributed by atoms with Gasteiger partial charge in [0.1, 0.15) is 18.0 Å². The second-order valence-electron chi connectivity index (χ2n) is 4.96. The zero-order valence-corrected chi connectivity index (χ0v) is 11.1. The summed E-state index contributed by atoms with van der Waals surface area (Å²) in [5, 5.41) is 4.17. The fourth-order valence-corrected chi connectivity index (χ4v) is 1.94. The van der Waals surface area contributed by atoms with E-state index in [2.05, 4.69) is 28.9 Å². The molecule has 2 aromatic rings. The lowest BCUT2D eigenvalue weighted by Gasteiger charge is -2.14. The van der Waals surface area contributed by atoms with E-state index in [0.29, 0.717) is 17.9 Å². The maximum atomic E-state index is 13.6. The van der Waals surface area contributed by atoms with Crippen LogP contribution in [0, 0.1) is 11.7 Å². The average Bonchev–Trinajstić information content (AvgIpc) is 2.76. The molecule has 0 saturated carbocycles. The molecule has 19 heavy (non-hydrogen) atoms. The zero-order valence-electron chi connectivity index (χ0n) is 11.1. The van der Waals surface area contributed by atoms with Gasteiger partial charge in [0.25, 0.3) is 0 Å². The zero-order chi connectivity index (χ0) is 13.8. The lowest BCUT2D eigenvalue weighted by atomic mass is 10.1. The summed E-state index contributed by atoms with van der Waals surface area (Å²) in [5.41, 5.74) is 6.49. The van der Waals surface area contributed by atoms with Gasteiger partial charge in [0.15, 0.2) is 0 Å². The van der Waals surface area contributed by atoms with Gasteiger partial charge < -0.3 is 5.73 Å². The van der Waals surface area contributed by atoms with Crippen LogP contribution in [0.4, 0.5) is 4.39 Å². The van der Waals surface area contributed by atoms with Crippen LogP contribution in [0.1, 0.15) is 31.3 Å². The summed E-state index contributed by atoms with van der Waals surface area (Å²) >= 11 is 0. The van der Waals surface area contributed by atoms with Crippen LogP contribution in [0.3, 0.4) is 0 Å². The number of hydrogen-bond acceptors (Lipinski definition) is 4. The van der Waals surface area contributed by atoms with Crippen molar-refractivity contribution in [2.45, 2.75) is 32.9 Å². The molecule has 0 aliphatic heterocycles. The van der Waals surface area contributed by atoms with Crippen molar-refractivity contribution in [1.29, 1.82) is 0 Å². The summed E-state index contributed by atoms with van der Waals surface area (Å²) in [6.07, 6.45) is 4.67. The van der Waals surface area contributed by atoms with Crippen molar-refractivity contribution in [1.82, 2.24) is 19.7 Å². The van der Waals surface area contributed by atoms with Crippen molar-refractivity contribution in [3.8, 4) is 0 Å². The van der Waals surface area contributed by atoms with Crippen molar-refractivity contribution in [2.75, 3.05) is 0 Å². The van der Waals surface area contributed by atoms with E-state index in [-0.39, 0.29) is 5.82 Å². The topological polar surface area (TPSA) is 69.6 Å². The minimum Gasteiger partial charge on any atom is -0.323 e. The molecule has 0 spiro atoms. The first-order chi connectivity index (χ1) is 9.08. The van der Waals surface area contributed by atoms with Crippen LogP contribution in [0.5, 0.6) is 0 Å². The van der Waals surface area contributed by atoms with Gasteiger partial charge in [0.2, 0.25) is 0 Å². The summed E-state index contributed by atoms with van der Waals surface area (Å²) in [6.45, 7) is 4.99. The van der Waals surface area contributed by atoms with E-state index in [1.165, 1.54) is 18.7 Å². The average molecular weight is 263 g/mol. The molecule has 5 nitrogen and oxygen atoms in total. The highest BCUT2D eigenvalue weighted by Crippen LogP contribution is 2.17. The van der Waals surface area contributed by atoms with Crippen molar-refractivity contribution < 1.29 is 4.39 Å². The third kappa shape index (κ3) is 3.35. The van der Waals surface area contributed by atoms with Crippen molar-refractivity contribution in [2.24, 2.45) is 11.7 Å². The first-order valence-electron chi connectivity index (χ1n) is 6.29. The molecule has 0 radical (unpaired) electrons. The summed E-state index contributed by atoms with van der Waals surface area (Å²) in [4.78, 5) is 7.92. The predicted octanol–water partition coefficient (Wildman–Crippen LogP) is 1.71. The number of pyridine rings is 1. The maximum Gasteiger partial charge on any atom is 0.146 e. The monoisotopic (exact) mass is 263 g/mol. The second-order valence-corrected chi connectivity index (χ2v) is 4.96. The Bertz CT molecular complexity index is 537. The van der Waals surface area contributed by atoms with Crippen LogP contribution < -0.4 is 5.73 Å². The van der Waals surface area contributed by atoms with Crippen LogP contribution >= 0.6 is 0 Å². The molecule has 2 aromatic heterocycles. The van der Waals surface area contributed by atoms with E-state index >= 15 is 0 Å². The number of hydrogen-bond donors (Lipinski definition) is 1. The van der Waals surface area contributed by atoms with E-state index in [1.807, 2.05) is 4.68 Å². The summed E-state index contributed by atoms with van der Waals surface area (Å²) in [6, 6.07) is 1.15. The van der Waals surface area contributed by atoms with Gasteiger partial charge in [-0.3, -0.25) is 4.98 Å². The fraction of sp³-hybridized carbons (Fsp3) is 0.462. The van der Waals surface area contributed by atoms with Gasteiger partial charge >= 0.3 is 0 Å². The van der Waals surface area contributed by atoms with Crippen molar-refractivity contribution >= 4 is 0 Å². The molecule has 2 N–H and O–H groups in total. The van der Waals surface area contributed by atoms with Crippen LogP contribution in [0.2, 0.25) is 0 Å². The fourth-order valence-electron chi connectivity index (χ4n) is 1.94. The molecule has 1 atom stereocenters. The summed E-state index contributed by atoms with van der Waals surface area (Å²) < 4.78 is 15.4. The van der Waals surface area contributed by atoms with Gasteiger partial charge in [0, 0.05) is 30.8 Å². The second kappa shape index (κ2) is 5.88. The Labute approximate surface area is 111 Å². The normalized spacial score (nSPS) is 12.9. The molecule has 0 fully saturated rings. The van der Waals surface area contributed by atoms with Crippen molar-refractivity contribution in [3.05, 3.63) is 42.0 Å². The molecule has 1 unspecified atom stereocenters. The number of aromatic nitrogens is 4. The van der Waals surface area contributed by atoms with Gasteiger partial charge in [-0.05, 0) is 12.0 Å². The Hall–Kier alpha value is -1.82. The maximum absolute atomic E-state index is 13.6. The molecule has 0 aromatic carbocycles. The largest absolute Gasteiger partial charge is 0.323 e. The van der Waals surface area contributed by atoms with Gasteiger partial charge in [-0.15, -0.1) is 0 Å². The molecule has 0 aliphatic carbocycles. The van der Waals surface area contributed by atoms with Gasteiger partial charge in [-0.25, -0.2) is 14.1 Å². The van der Waals surface area contributed by atoms with Gasteiger partial charge in [0.05, 0.1) is 6.20 Å². The Morgan fingerprint density at radius 3 is 2.89 bits per heavy atom. The molecule has 0 bridgehead atoms.